The van der Waals surface area contributed by atoms with Gasteiger partial charge in [0.1, 0.15) is 11.6 Å². The van der Waals surface area contributed by atoms with Gasteiger partial charge in [-0.1, -0.05) is 17.7 Å². The molecule has 0 bridgehead atoms. The summed E-state index contributed by atoms with van der Waals surface area (Å²) >= 11 is 11.1. The zero-order valence-electron chi connectivity index (χ0n) is 8.71. The molecular formula is C11H13Cl2NO2. The molecule has 5 heteroatoms. The Morgan fingerprint density at radius 1 is 1.44 bits per heavy atom. The Kier molecular flexibility index (Phi) is 6.04. The molecule has 1 aromatic carbocycles. The molecule has 0 aromatic heterocycles. The molecule has 0 heterocycles. The van der Waals surface area contributed by atoms with Gasteiger partial charge in [0.05, 0.1) is 6.61 Å². The van der Waals surface area contributed by atoms with E-state index in [2.05, 4.69) is 5.32 Å². The van der Waals surface area contributed by atoms with E-state index in [0.717, 1.165) is 12.2 Å². The van der Waals surface area contributed by atoms with Crippen LogP contribution in [-0.2, 0) is 4.79 Å². The lowest BCUT2D eigenvalue weighted by molar-refractivity contribution is -0.118. The number of halogens is 2. The van der Waals surface area contributed by atoms with E-state index in [4.69, 9.17) is 27.9 Å². The third-order valence-corrected chi connectivity index (χ3v) is 2.31. The van der Waals surface area contributed by atoms with Crippen molar-refractivity contribution in [3.05, 3.63) is 29.3 Å². The minimum absolute atomic E-state index is 0.00481. The summed E-state index contributed by atoms with van der Waals surface area (Å²) in [6.07, 6.45) is 0.731. The number of nitrogens with one attached hydrogen (secondary N) is 1. The second-order valence-electron chi connectivity index (χ2n) is 3.14. The van der Waals surface area contributed by atoms with Crippen LogP contribution in [0.15, 0.2) is 24.3 Å². The van der Waals surface area contributed by atoms with Gasteiger partial charge in [-0.25, -0.2) is 0 Å². The Labute approximate surface area is 105 Å². The molecule has 1 N–H and O–H groups in total. The molecule has 0 aliphatic carbocycles. The van der Waals surface area contributed by atoms with Gasteiger partial charge in [-0.05, 0) is 24.6 Å². The van der Waals surface area contributed by atoms with Gasteiger partial charge in [0, 0.05) is 11.6 Å². The number of hydrogen-bond acceptors (Lipinski definition) is 2. The van der Waals surface area contributed by atoms with E-state index in [1.807, 2.05) is 12.1 Å². The van der Waals surface area contributed by atoms with Crippen LogP contribution in [0.2, 0.25) is 5.02 Å². The fraction of sp³-hybridized carbons (Fsp3) is 0.364. The maximum atomic E-state index is 10.8. The van der Waals surface area contributed by atoms with Crippen molar-refractivity contribution in [1.82, 2.24) is 5.32 Å². The molecule has 0 saturated heterocycles. The van der Waals surface area contributed by atoms with Gasteiger partial charge < -0.3 is 10.1 Å². The summed E-state index contributed by atoms with van der Waals surface area (Å²) in [7, 11) is 0. The van der Waals surface area contributed by atoms with Crippen LogP contribution in [0.5, 0.6) is 5.75 Å². The zero-order valence-corrected chi connectivity index (χ0v) is 10.2. The van der Waals surface area contributed by atoms with E-state index in [9.17, 15) is 4.79 Å². The Morgan fingerprint density at radius 2 is 2.25 bits per heavy atom. The van der Waals surface area contributed by atoms with E-state index in [0.29, 0.717) is 18.2 Å². The molecule has 16 heavy (non-hydrogen) atoms. The SMILES string of the molecule is O=C(CCl)NCCCOc1cccc(Cl)c1. The molecule has 0 aliphatic rings. The highest BCUT2D eigenvalue weighted by atomic mass is 35.5. The van der Waals surface area contributed by atoms with Crippen molar-refractivity contribution in [3.63, 3.8) is 0 Å². The van der Waals surface area contributed by atoms with Crippen LogP contribution < -0.4 is 10.1 Å². The maximum absolute atomic E-state index is 10.8. The summed E-state index contributed by atoms with van der Waals surface area (Å²) in [5.74, 6) is 0.565. The van der Waals surface area contributed by atoms with E-state index in [1.165, 1.54) is 0 Å². The number of rotatable bonds is 6. The Balaban J connectivity index is 2.14. The predicted molar refractivity (Wildman–Crippen MR) is 65.3 cm³/mol. The summed E-state index contributed by atoms with van der Waals surface area (Å²) in [5, 5.41) is 3.30. The van der Waals surface area contributed by atoms with E-state index < -0.39 is 0 Å². The van der Waals surface area contributed by atoms with Crippen molar-refractivity contribution in [2.45, 2.75) is 6.42 Å². The van der Waals surface area contributed by atoms with Crippen LogP contribution in [0, 0.1) is 0 Å². The van der Waals surface area contributed by atoms with Crippen LogP contribution in [0.1, 0.15) is 6.42 Å². The first-order chi connectivity index (χ1) is 7.72. The van der Waals surface area contributed by atoms with E-state index >= 15 is 0 Å². The van der Waals surface area contributed by atoms with Crippen molar-refractivity contribution in [1.29, 1.82) is 0 Å². The second kappa shape index (κ2) is 7.36. The van der Waals surface area contributed by atoms with Gasteiger partial charge in [-0.3, -0.25) is 4.79 Å². The third kappa shape index (κ3) is 5.24. The first kappa shape index (κ1) is 13.1. The first-order valence-electron chi connectivity index (χ1n) is 4.93. The topological polar surface area (TPSA) is 38.3 Å². The lowest BCUT2D eigenvalue weighted by atomic mass is 10.3. The standard InChI is InChI=1S/C11H13Cl2NO2/c12-8-11(15)14-5-2-6-16-10-4-1-3-9(13)7-10/h1,3-4,7H,2,5-6,8H2,(H,14,15). The average molecular weight is 262 g/mol. The molecule has 0 aliphatic heterocycles. The number of carbonyl (C=O) groups is 1. The lowest BCUT2D eigenvalue weighted by Crippen LogP contribution is -2.26. The molecule has 88 valence electrons. The van der Waals surface area contributed by atoms with Gasteiger partial charge >= 0.3 is 0 Å². The van der Waals surface area contributed by atoms with Crippen molar-refractivity contribution in [2.24, 2.45) is 0 Å². The highest BCUT2D eigenvalue weighted by Gasteiger charge is 1.97. The number of benzene rings is 1. The summed E-state index contributed by atoms with van der Waals surface area (Å²) in [6.45, 7) is 1.09. The van der Waals surface area contributed by atoms with Crippen LogP contribution in [-0.4, -0.2) is 24.9 Å². The van der Waals surface area contributed by atoms with E-state index in [1.54, 1.807) is 12.1 Å². The first-order valence-corrected chi connectivity index (χ1v) is 5.84. The largest absolute Gasteiger partial charge is 0.493 e. The second-order valence-corrected chi connectivity index (χ2v) is 3.85. The van der Waals surface area contributed by atoms with Crippen LogP contribution in [0.3, 0.4) is 0 Å². The molecule has 0 radical (unpaired) electrons. The monoisotopic (exact) mass is 261 g/mol. The van der Waals surface area contributed by atoms with Crippen LogP contribution in [0.4, 0.5) is 0 Å². The molecule has 1 rings (SSSR count). The van der Waals surface area contributed by atoms with Crippen LogP contribution >= 0.6 is 23.2 Å². The molecule has 0 saturated carbocycles. The lowest BCUT2D eigenvalue weighted by Gasteiger charge is -2.06. The van der Waals surface area contributed by atoms with Crippen molar-refractivity contribution >= 4 is 29.1 Å². The normalized spacial score (nSPS) is 9.88. The fourth-order valence-electron chi connectivity index (χ4n) is 1.09. The Morgan fingerprint density at radius 3 is 2.94 bits per heavy atom. The van der Waals surface area contributed by atoms with Gasteiger partial charge in [0.2, 0.25) is 5.91 Å². The summed E-state index contributed by atoms with van der Waals surface area (Å²) in [4.78, 5) is 10.8. The van der Waals surface area contributed by atoms with Crippen molar-refractivity contribution in [3.8, 4) is 5.75 Å². The summed E-state index contributed by atoms with van der Waals surface area (Å²) in [6, 6.07) is 7.20. The average Bonchev–Trinajstić information content (AvgIpc) is 2.28. The number of ether oxygens (including phenoxy) is 1. The van der Waals surface area contributed by atoms with E-state index in [-0.39, 0.29) is 11.8 Å². The Hall–Kier alpha value is -0.930. The number of amides is 1. The minimum Gasteiger partial charge on any atom is -0.493 e. The molecule has 0 fully saturated rings. The van der Waals surface area contributed by atoms with Gasteiger partial charge in [0.15, 0.2) is 0 Å². The van der Waals surface area contributed by atoms with Crippen molar-refractivity contribution < 1.29 is 9.53 Å². The molecular weight excluding hydrogens is 249 g/mol. The third-order valence-electron chi connectivity index (χ3n) is 1.83. The molecule has 3 nitrogen and oxygen atoms in total. The van der Waals surface area contributed by atoms with Crippen molar-refractivity contribution in [2.75, 3.05) is 19.0 Å². The quantitative estimate of drug-likeness (QED) is 0.631. The highest BCUT2D eigenvalue weighted by molar-refractivity contribution is 6.30. The number of hydrogen-bond donors (Lipinski definition) is 1. The highest BCUT2D eigenvalue weighted by Crippen LogP contribution is 2.16. The number of carbonyl (C=O) groups excluding carboxylic acids is 1. The van der Waals surface area contributed by atoms with Gasteiger partial charge in [-0.15, -0.1) is 11.6 Å². The molecule has 1 aromatic rings. The fourth-order valence-corrected chi connectivity index (χ4v) is 1.37. The molecule has 0 spiro atoms. The predicted octanol–water partition coefficient (Wildman–Crippen LogP) is 2.46. The van der Waals surface area contributed by atoms with Gasteiger partial charge in [-0.2, -0.15) is 0 Å². The van der Waals surface area contributed by atoms with Gasteiger partial charge in [0.25, 0.3) is 0 Å². The zero-order chi connectivity index (χ0) is 11.8. The molecule has 0 atom stereocenters. The molecule has 1 amide bonds. The smallest absolute Gasteiger partial charge is 0.234 e. The van der Waals surface area contributed by atoms with Crippen LogP contribution in [0.25, 0.3) is 0 Å². The number of alkyl halides is 1. The summed E-state index contributed by atoms with van der Waals surface area (Å²) < 4.78 is 5.43. The minimum atomic E-state index is -0.163. The molecule has 0 unspecified atom stereocenters. The summed E-state index contributed by atoms with van der Waals surface area (Å²) in [5.41, 5.74) is 0. The Bertz CT molecular complexity index is 345. The maximum Gasteiger partial charge on any atom is 0.234 e.